The third-order valence-electron chi connectivity index (χ3n) is 7.16. The molecular weight excluding hydrogens is 324 g/mol. The first-order valence-corrected chi connectivity index (χ1v) is 8.99. The van der Waals surface area contributed by atoms with E-state index in [-0.39, 0.29) is 35.1 Å². The summed E-state index contributed by atoms with van der Waals surface area (Å²) < 4.78 is 0. The topological polar surface area (TPSA) is 134 Å². The Morgan fingerprint density at radius 3 is 2.64 bits per heavy atom. The quantitative estimate of drug-likeness (QED) is 0.394. The van der Waals surface area contributed by atoms with Crippen LogP contribution in [0.25, 0.3) is 0 Å². The predicted molar refractivity (Wildman–Crippen MR) is 87.9 cm³/mol. The Kier molecular flexibility index (Phi) is 3.47. The molecule has 2 saturated carbocycles. The van der Waals surface area contributed by atoms with Gasteiger partial charge in [-0.2, -0.15) is 0 Å². The van der Waals surface area contributed by atoms with Crippen LogP contribution in [0.1, 0.15) is 26.7 Å². The van der Waals surface area contributed by atoms with Gasteiger partial charge in [0.15, 0.2) is 6.10 Å². The molecule has 7 atom stereocenters. The molecule has 2 heterocycles. The fraction of sp³-hybridized carbons (Fsp3) is 0.824. The van der Waals surface area contributed by atoms with Crippen molar-refractivity contribution in [2.45, 2.75) is 44.9 Å². The summed E-state index contributed by atoms with van der Waals surface area (Å²) >= 11 is 0. The minimum Gasteiger partial charge on any atom is -0.381 e. The average molecular weight is 350 g/mol. The molecule has 2 unspecified atom stereocenters. The molecule has 4 fully saturated rings. The summed E-state index contributed by atoms with van der Waals surface area (Å²) in [5.74, 6) is -0.669. The van der Waals surface area contributed by atoms with Crippen molar-refractivity contribution < 1.29 is 19.5 Å². The standard InChI is InChI=1S/C17H26N4O4/c1-16(2)8-6-20-11(9(8)16)14(24)21-10(12(22)13(18)23)7-5-17(7)3-4-19-15(17)25/h7-12,20,22H,3-6H2,1-2H3,(H2,18,23)(H,19,25)(H,21,24)/t7?,8-,9-,10-,11-,12?,17-/m0/s1. The van der Waals surface area contributed by atoms with Crippen LogP contribution in [0.3, 0.4) is 0 Å². The van der Waals surface area contributed by atoms with E-state index in [9.17, 15) is 19.5 Å². The second-order valence-electron chi connectivity index (χ2n) is 8.69. The fourth-order valence-corrected chi connectivity index (χ4v) is 5.35. The van der Waals surface area contributed by atoms with Crippen LogP contribution in [0.4, 0.5) is 0 Å². The van der Waals surface area contributed by atoms with E-state index in [1.165, 1.54) is 0 Å². The predicted octanol–water partition coefficient (Wildman–Crippen LogP) is -1.91. The lowest BCUT2D eigenvalue weighted by molar-refractivity contribution is -0.132. The fourth-order valence-electron chi connectivity index (χ4n) is 5.35. The summed E-state index contributed by atoms with van der Waals surface area (Å²) in [5, 5.41) is 19.1. The molecule has 2 aliphatic heterocycles. The zero-order valence-electron chi connectivity index (χ0n) is 14.5. The maximum atomic E-state index is 12.8. The van der Waals surface area contributed by atoms with E-state index in [1.807, 2.05) is 0 Å². The number of nitrogens with two attached hydrogens (primary N) is 1. The Morgan fingerprint density at radius 1 is 1.40 bits per heavy atom. The molecule has 6 N–H and O–H groups in total. The number of fused-ring (bicyclic) bond motifs is 1. The third kappa shape index (κ3) is 2.30. The lowest BCUT2D eigenvalue weighted by atomic mass is 9.94. The Morgan fingerprint density at radius 2 is 2.12 bits per heavy atom. The highest BCUT2D eigenvalue weighted by Gasteiger charge is 2.68. The molecule has 2 aliphatic carbocycles. The molecule has 25 heavy (non-hydrogen) atoms. The highest BCUT2D eigenvalue weighted by atomic mass is 16.3. The van der Waals surface area contributed by atoms with Crippen molar-refractivity contribution in [2.75, 3.05) is 13.1 Å². The van der Waals surface area contributed by atoms with Crippen LogP contribution in [-0.4, -0.2) is 54.1 Å². The number of hydrogen-bond donors (Lipinski definition) is 5. The van der Waals surface area contributed by atoms with E-state index in [0.29, 0.717) is 25.3 Å². The molecule has 4 rings (SSSR count). The number of piperidine rings is 1. The van der Waals surface area contributed by atoms with Gasteiger partial charge >= 0.3 is 0 Å². The van der Waals surface area contributed by atoms with Crippen LogP contribution in [-0.2, 0) is 14.4 Å². The van der Waals surface area contributed by atoms with Crippen molar-refractivity contribution in [3.63, 3.8) is 0 Å². The molecule has 3 amide bonds. The van der Waals surface area contributed by atoms with Crippen molar-refractivity contribution in [3.8, 4) is 0 Å². The minimum atomic E-state index is -1.49. The highest BCUT2D eigenvalue weighted by Crippen LogP contribution is 2.62. The van der Waals surface area contributed by atoms with E-state index in [4.69, 9.17) is 5.73 Å². The summed E-state index contributed by atoms with van der Waals surface area (Å²) in [6.07, 6.45) is -0.275. The smallest absolute Gasteiger partial charge is 0.248 e. The number of amides is 3. The molecule has 0 aromatic heterocycles. The Bertz CT molecular complexity index is 651. The highest BCUT2D eigenvalue weighted by molar-refractivity contribution is 5.90. The number of aliphatic hydroxyl groups excluding tert-OH is 1. The van der Waals surface area contributed by atoms with Gasteiger partial charge in [0.2, 0.25) is 17.7 Å². The number of aliphatic hydroxyl groups is 1. The van der Waals surface area contributed by atoms with Gasteiger partial charge < -0.3 is 26.8 Å². The monoisotopic (exact) mass is 350 g/mol. The van der Waals surface area contributed by atoms with Crippen molar-refractivity contribution in [1.82, 2.24) is 16.0 Å². The zero-order chi connectivity index (χ0) is 18.1. The normalized spacial score (nSPS) is 42.4. The van der Waals surface area contributed by atoms with Crippen LogP contribution in [0.5, 0.6) is 0 Å². The van der Waals surface area contributed by atoms with E-state index < -0.39 is 23.5 Å². The molecule has 138 valence electrons. The largest absolute Gasteiger partial charge is 0.381 e. The van der Waals surface area contributed by atoms with Gasteiger partial charge in [0.05, 0.1) is 17.5 Å². The third-order valence-corrected chi connectivity index (χ3v) is 7.16. The van der Waals surface area contributed by atoms with E-state index in [2.05, 4.69) is 29.8 Å². The first-order valence-electron chi connectivity index (χ1n) is 8.99. The van der Waals surface area contributed by atoms with Crippen molar-refractivity contribution in [1.29, 1.82) is 0 Å². The van der Waals surface area contributed by atoms with Gasteiger partial charge in [0, 0.05) is 6.54 Å². The summed E-state index contributed by atoms with van der Waals surface area (Å²) in [6, 6.07) is -1.15. The van der Waals surface area contributed by atoms with E-state index >= 15 is 0 Å². The molecule has 4 aliphatic rings. The average Bonchev–Trinajstić information content (AvgIpc) is 3.17. The van der Waals surface area contributed by atoms with Crippen molar-refractivity contribution >= 4 is 17.7 Å². The minimum absolute atomic E-state index is 0.0594. The van der Waals surface area contributed by atoms with Gasteiger partial charge in [-0.1, -0.05) is 13.8 Å². The Hall–Kier alpha value is -1.67. The van der Waals surface area contributed by atoms with Crippen LogP contribution < -0.4 is 21.7 Å². The maximum Gasteiger partial charge on any atom is 0.248 e. The molecule has 1 spiro atoms. The number of carbonyl (C=O) groups excluding carboxylic acids is 3. The van der Waals surface area contributed by atoms with Crippen LogP contribution in [0, 0.1) is 28.6 Å². The molecule has 0 aromatic rings. The van der Waals surface area contributed by atoms with Crippen LogP contribution in [0.2, 0.25) is 0 Å². The van der Waals surface area contributed by atoms with Gasteiger partial charge in [0.25, 0.3) is 0 Å². The lowest BCUT2D eigenvalue weighted by Crippen LogP contribution is -2.56. The second kappa shape index (κ2) is 5.17. The number of carbonyl (C=O) groups is 3. The first-order chi connectivity index (χ1) is 11.7. The van der Waals surface area contributed by atoms with Gasteiger partial charge in [-0.05, 0) is 42.6 Å². The zero-order valence-corrected chi connectivity index (χ0v) is 14.5. The van der Waals surface area contributed by atoms with Gasteiger partial charge in [-0.3, -0.25) is 14.4 Å². The first kappa shape index (κ1) is 16.8. The molecule has 2 saturated heterocycles. The van der Waals surface area contributed by atoms with Crippen LogP contribution in [0.15, 0.2) is 0 Å². The number of hydrogen-bond acceptors (Lipinski definition) is 5. The van der Waals surface area contributed by atoms with E-state index in [1.54, 1.807) is 0 Å². The van der Waals surface area contributed by atoms with Crippen molar-refractivity contribution in [2.24, 2.45) is 34.3 Å². The Balaban J connectivity index is 1.49. The molecular formula is C17H26N4O4. The second-order valence-corrected chi connectivity index (χ2v) is 8.69. The molecule has 8 heteroatoms. The summed E-state index contributed by atoms with van der Waals surface area (Å²) in [6.45, 7) is 5.69. The van der Waals surface area contributed by atoms with Gasteiger partial charge in [0.1, 0.15) is 0 Å². The summed E-state index contributed by atoms with van der Waals surface area (Å²) in [4.78, 5) is 36.4. The molecule has 0 radical (unpaired) electrons. The summed E-state index contributed by atoms with van der Waals surface area (Å²) in [7, 11) is 0. The number of nitrogens with one attached hydrogen (secondary N) is 3. The van der Waals surface area contributed by atoms with E-state index in [0.717, 1.165) is 6.54 Å². The summed E-state index contributed by atoms with van der Waals surface area (Å²) in [5.41, 5.74) is 4.84. The van der Waals surface area contributed by atoms with Gasteiger partial charge in [-0.25, -0.2) is 0 Å². The maximum absolute atomic E-state index is 12.8. The Labute approximate surface area is 146 Å². The number of rotatable bonds is 5. The molecule has 8 nitrogen and oxygen atoms in total. The number of primary amides is 1. The van der Waals surface area contributed by atoms with Crippen molar-refractivity contribution in [3.05, 3.63) is 0 Å². The molecule has 0 bridgehead atoms. The van der Waals surface area contributed by atoms with Crippen LogP contribution >= 0.6 is 0 Å². The lowest BCUT2D eigenvalue weighted by Gasteiger charge is -2.27. The SMILES string of the molecule is CC1(C)[C@@H]2[C@@H](C(=O)N[C@H](C(O)C(N)=O)C3C[C@@]34CCNC4=O)NC[C@@H]21. The van der Waals surface area contributed by atoms with Gasteiger partial charge in [-0.15, -0.1) is 0 Å². The molecule has 0 aromatic carbocycles.